The lowest BCUT2D eigenvalue weighted by Crippen LogP contribution is -2.50. The Morgan fingerprint density at radius 2 is 1.94 bits per heavy atom. The minimum atomic E-state index is 0.0943. The number of hydrogen-bond donors (Lipinski definition) is 2. The topological polar surface area (TPSA) is 36.5 Å². The van der Waals surface area contributed by atoms with Crippen LogP contribution in [0, 0.1) is 0 Å². The summed E-state index contributed by atoms with van der Waals surface area (Å²) in [5.41, 5.74) is 0.0943. The third-order valence-electron chi connectivity index (χ3n) is 2.85. The minimum absolute atomic E-state index is 0.0943. The summed E-state index contributed by atoms with van der Waals surface area (Å²) >= 11 is 5.21. The molecule has 5 heteroatoms. The summed E-state index contributed by atoms with van der Waals surface area (Å²) in [5, 5.41) is 7.13. The molecule has 4 nitrogen and oxygen atoms in total. The van der Waals surface area contributed by atoms with Crippen LogP contribution in [0.25, 0.3) is 0 Å². The molecule has 0 rings (SSSR count). The minimum Gasteiger partial charge on any atom is -0.382 e. The molecule has 0 saturated heterocycles. The zero-order valence-electron chi connectivity index (χ0n) is 11.8. The van der Waals surface area contributed by atoms with E-state index in [1.165, 1.54) is 0 Å². The van der Waals surface area contributed by atoms with Gasteiger partial charge in [0.05, 0.1) is 0 Å². The lowest BCUT2D eigenvalue weighted by atomic mass is 10.1. The molecule has 17 heavy (non-hydrogen) atoms. The highest BCUT2D eigenvalue weighted by atomic mass is 32.1. The lowest BCUT2D eigenvalue weighted by molar-refractivity contribution is 0.145. The maximum Gasteiger partial charge on any atom is 0.166 e. The maximum atomic E-state index is 5.25. The van der Waals surface area contributed by atoms with Gasteiger partial charge < -0.3 is 20.3 Å². The van der Waals surface area contributed by atoms with Crippen molar-refractivity contribution in [2.45, 2.75) is 32.7 Å². The zero-order chi connectivity index (χ0) is 13.3. The van der Waals surface area contributed by atoms with Gasteiger partial charge in [0.2, 0.25) is 0 Å². The average molecular weight is 261 g/mol. The molecule has 0 amide bonds. The highest BCUT2D eigenvalue weighted by molar-refractivity contribution is 7.80. The van der Waals surface area contributed by atoms with Crippen molar-refractivity contribution in [1.82, 2.24) is 15.5 Å². The van der Waals surface area contributed by atoms with Gasteiger partial charge >= 0.3 is 0 Å². The third kappa shape index (κ3) is 8.35. The number of likely N-dealkylation sites (N-methyl/N-ethyl adjacent to an activating group) is 1. The molecule has 0 aromatic heterocycles. The van der Waals surface area contributed by atoms with E-state index >= 15 is 0 Å². The molecule has 0 aromatic rings. The van der Waals surface area contributed by atoms with E-state index in [9.17, 15) is 0 Å². The zero-order valence-corrected chi connectivity index (χ0v) is 12.6. The van der Waals surface area contributed by atoms with E-state index in [2.05, 4.69) is 43.5 Å². The quantitative estimate of drug-likeness (QED) is 0.507. The number of hydrogen-bond acceptors (Lipinski definition) is 3. The molecule has 0 heterocycles. The Balaban J connectivity index is 3.60. The Kier molecular flexibility index (Phi) is 8.47. The molecule has 0 bridgehead atoms. The van der Waals surface area contributed by atoms with Crippen molar-refractivity contribution in [3.05, 3.63) is 0 Å². The number of nitrogens with one attached hydrogen (secondary N) is 2. The molecule has 0 atom stereocenters. The van der Waals surface area contributed by atoms with Crippen LogP contribution >= 0.6 is 12.2 Å². The van der Waals surface area contributed by atoms with Crippen LogP contribution in [0.3, 0.4) is 0 Å². The normalized spacial score (nSPS) is 11.6. The summed E-state index contributed by atoms with van der Waals surface area (Å²) < 4.78 is 5.25. The van der Waals surface area contributed by atoms with E-state index < -0.39 is 0 Å². The van der Waals surface area contributed by atoms with Crippen LogP contribution in [0.15, 0.2) is 0 Å². The summed E-state index contributed by atoms with van der Waals surface area (Å²) in [6.07, 6.45) is 0.979. The van der Waals surface area contributed by atoms with Crippen LogP contribution in [0.5, 0.6) is 0 Å². The van der Waals surface area contributed by atoms with E-state index in [4.69, 9.17) is 17.0 Å². The standard InChI is InChI=1S/C12H27N3OS/c1-6-16-9-7-8-13-11(17)14-10-12(2,3)15(4)5/h6-10H2,1-5H3,(H2,13,14,17). The van der Waals surface area contributed by atoms with Gasteiger partial charge in [-0.05, 0) is 53.5 Å². The Morgan fingerprint density at radius 1 is 1.29 bits per heavy atom. The second kappa shape index (κ2) is 8.66. The van der Waals surface area contributed by atoms with Gasteiger partial charge in [0.25, 0.3) is 0 Å². The SMILES string of the molecule is CCOCCCNC(=S)NCC(C)(C)N(C)C. The summed E-state index contributed by atoms with van der Waals surface area (Å²) in [5.74, 6) is 0. The first-order valence-electron chi connectivity index (χ1n) is 6.17. The van der Waals surface area contributed by atoms with Crippen molar-refractivity contribution in [3.63, 3.8) is 0 Å². The molecule has 0 aromatic carbocycles. The number of ether oxygens (including phenoxy) is 1. The molecule has 0 spiro atoms. The molecule has 0 saturated carbocycles. The summed E-state index contributed by atoms with van der Waals surface area (Å²) in [6, 6.07) is 0. The van der Waals surface area contributed by atoms with Crippen LogP contribution in [0.2, 0.25) is 0 Å². The molecular formula is C12H27N3OS. The molecular weight excluding hydrogens is 234 g/mol. The lowest BCUT2D eigenvalue weighted by Gasteiger charge is -2.33. The molecule has 0 radical (unpaired) electrons. The Labute approximate surface area is 111 Å². The maximum absolute atomic E-state index is 5.25. The van der Waals surface area contributed by atoms with Crippen molar-refractivity contribution in [2.75, 3.05) is 40.4 Å². The predicted octanol–water partition coefficient (Wildman–Crippen LogP) is 1.22. The summed E-state index contributed by atoms with van der Waals surface area (Å²) in [6.45, 7) is 9.61. The van der Waals surface area contributed by atoms with E-state index in [1.54, 1.807) is 0 Å². The molecule has 0 aliphatic heterocycles. The second-order valence-electron chi connectivity index (χ2n) is 4.87. The highest BCUT2D eigenvalue weighted by Crippen LogP contribution is 2.07. The van der Waals surface area contributed by atoms with E-state index in [0.29, 0.717) is 0 Å². The molecule has 0 unspecified atom stereocenters. The fourth-order valence-electron chi connectivity index (χ4n) is 1.04. The Morgan fingerprint density at radius 3 is 2.47 bits per heavy atom. The Bertz CT molecular complexity index is 220. The average Bonchev–Trinajstić information content (AvgIpc) is 2.26. The van der Waals surface area contributed by atoms with Gasteiger partial charge in [-0.15, -0.1) is 0 Å². The number of nitrogens with zero attached hydrogens (tertiary/aromatic N) is 1. The van der Waals surface area contributed by atoms with Gasteiger partial charge in [-0.2, -0.15) is 0 Å². The monoisotopic (exact) mass is 261 g/mol. The third-order valence-corrected chi connectivity index (χ3v) is 3.14. The first kappa shape index (κ1) is 16.6. The first-order chi connectivity index (χ1) is 7.90. The van der Waals surface area contributed by atoms with Crippen LogP contribution in [-0.4, -0.2) is 55.9 Å². The molecule has 0 aliphatic rings. The van der Waals surface area contributed by atoms with Gasteiger partial charge in [0.1, 0.15) is 0 Å². The molecule has 0 aliphatic carbocycles. The summed E-state index contributed by atoms with van der Waals surface area (Å²) in [7, 11) is 4.14. The van der Waals surface area contributed by atoms with Crippen molar-refractivity contribution < 1.29 is 4.74 Å². The van der Waals surface area contributed by atoms with Gasteiger partial charge in [-0.3, -0.25) is 0 Å². The van der Waals surface area contributed by atoms with Crippen LogP contribution in [-0.2, 0) is 4.74 Å². The van der Waals surface area contributed by atoms with Gasteiger partial charge in [0.15, 0.2) is 5.11 Å². The van der Waals surface area contributed by atoms with Crippen LogP contribution in [0.1, 0.15) is 27.2 Å². The van der Waals surface area contributed by atoms with Crippen molar-refractivity contribution in [3.8, 4) is 0 Å². The van der Waals surface area contributed by atoms with E-state index in [0.717, 1.165) is 37.8 Å². The fraction of sp³-hybridized carbons (Fsp3) is 0.917. The van der Waals surface area contributed by atoms with Gasteiger partial charge in [-0.1, -0.05) is 0 Å². The van der Waals surface area contributed by atoms with Crippen molar-refractivity contribution >= 4 is 17.3 Å². The molecule has 2 N–H and O–H groups in total. The van der Waals surface area contributed by atoms with Gasteiger partial charge in [0, 0.05) is 31.8 Å². The number of rotatable bonds is 8. The van der Waals surface area contributed by atoms with E-state index in [1.807, 2.05) is 6.92 Å². The van der Waals surface area contributed by atoms with Crippen LogP contribution in [0.4, 0.5) is 0 Å². The highest BCUT2D eigenvalue weighted by Gasteiger charge is 2.19. The van der Waals surface area contributed by atoms with Crippen molar-refractivity contribution in [1.29, 1.82) is 0 Å². The predicted molar refractivity (Wildman–Crippen MR) is 77.5 cm³/mol. The molecule has 102 valence electrons. The second-order valence-corrected chi connectivity index (χ2v) is 5.28. The van der Waals surface area contributed by atoms with Crippen molar-refractivity contribution in [2.24, 2.45) is 0 Å². The molecule has 0 fully saturated rings. The number of thiocarbonyl (C=S) groups is 1. The van der Waals surface area contributed by atoms with Gasteiger partial charge in [-0.25, -0.2) is 0 Å². The Hall–Kier alpha value is -0.390. The summed E-state index contributed by atoms with van der Waals surface area (Å²) in [4.78, 5) is 2.18. The fourth-order valence-corrected chi connectivity index (χ4v) is 1.21. The first-order valence-corrected chi connectivity index (χ1v) is 6.58. The van der Waals surface area contributed by atoms with Crippen LogP contribution < -0.4 is 10.6 Å². The smallest absolute Gasteiger partial charge is 0.166 e. The largest absolute Gasteiger partial charge is 0.382 e. The van der Waals surface area contributed by atoms with E-state index in [-0.39, 0.29) is 5.54 Å².